The lowest BCUT2D eigenvalue weighted by Crippen LogP contribution is -1.99. The molecule has 0 bridgehead atoms. The molecule has 8 nitrogen and oxygen atoms in total. The fraction of sp³-hybridized carbons (Fsp3) is 0.133. The van der Waals surface area contributed by atoms with Gasteiger partial charge in [-0.1, -0.05) is 23.8 Å². The minimum atomic E-state index is -0.692. The van der Waals surface area contributed by atoms with E-state index < -0.39 is 15.5 Å². The molecular formula is C15H14N4O4. The number of nitrogens with zero attached hydrogens (tertiary/aromatic N) is 3. The predicted molar refractivity (Wildman–Crippen MR) is 86.9 cm³/mol. The standard InChI is InChI=1S/C15H14N4O4/c1-10-3-4-12(11(2)7-10)9-16-17-14-6-5-13(18(20)21)8-15(14)19(22)23/h3-9,17H,1-2H3/b16-9+. The summed E-state index contributed by atoms with van der Waals surface area (Å²) in [4.78, 5) is 20.3. The Hall–Kier alpha value is -3.29. The first kappa shape index (κ1) is 16.1. The number of nitrogens with one attached hydrogen (secondary N) is 1. The van der Waals surface area contributed by atoms with Crippen molar-refractivity contribution in [3.63, 3.8) is 0 Å². The monoisotopic (exact) mass is 314 g/mol. The van der Waals surface area contributed by atoms with Crippen molar-refractivity contribution in [2.45, 2.75) is 13.8 Å². The summed E-state index contributed by atoms with van der Waals surface area (Å²) in [5.41, 5.74) is 4.90. The topological polar surface area (TPSA) is 111 Å². The van der Waals surface area contributed by atoms with Gasteiger partial charge in [0.1, 0.15) is 5.69 Å². The lowest BCUT2D eigenvalue weighted by Gasteiger charge is -2.03. The molecule has 0 aliphatic heterocycles. The van der Waals surface area contributed by atoms with Crippen LogP contribution in [0.15, 0.2) is 41.5 Å². The molecule has 2 rings (SSSR count). The zero-order chi connectivity index (χ0) is 17.0. The maximum atomic E-state index is 11.0. The molecule has 2 aromatic rings. The second kappa shape index (κ2) is 6.65. The van der Waals surface area contributed by atoms with Gasteiger partial charge in [0.2, 0.25) is 0 Å². The molecule has 2 aromatic carbocycles. The van der Waals surface area contributed by atoms with Crippen LogP contribution in [0.1, 0.15) is 16.7 Å². The van der Waals surface area contributed by atoms with E-state index in [0.717, 1.165) is 22.8 Å². The lowest BCUT2D eigenvalue weighted by molar-refractivity contribution is -0.393. The molecule has 0 spiro atoms. The van der Waals surface area contributed by atoms with Crippen molar-refractivity contribution in [3.05, 3.63) is 73.3 Å². The highest BCUT2D eigenvalue weighted by molar-refractivity contribution is 5.82. The fourth-order valence-corrected chi connectivity index (χ4v) is 2.02. The molecule has 0 unspecified atom stereocenters. The second-order valence-electron chi connectivity index (χ2n) is 4.95. The largest absolute Gasteiger partial charge is 0.301 e. The summed E-state index contributed by atoms with van der Waals surface area (Å²) < 4.78 is 0. The molecule has 118 valence electrons. The van der Waals surface area contributed by atoms with Crippen LogP contribution in [0.3, 0.4) is 0 Å². The third kappa shape index (κ3) is 3.88. The highest BCUT2D eigenvalue weighted by Gasteiger charge is 2.19. The van der Waals surface area contributed by atoms with Crippen LogP contribution in [0, 0.1) is 34.1 Å². The number of hydrogen-bond donors (Lipinski definition) is 1. The average molecular weight is 314 g/mol. The van der Waals surface area contributed by atoms with Gasteiger partial charge >= 0.3 is 5.69 Å². The predicted octanol–water partition coefficient (Wildman–Crippen LogP) is 3.57. The van der Waals surface area contributed by atoms with Gasteiger partial charge in [0.15, 0.2) is 0 Å². The summed E-state index contributed by atoms with van der Waals surface area (Å²) in [6.45, 7) is 3.91. The van der Waals surface area contributed by atoms with Gasteiger partial charge in [-0.2, -0.15) is 5.10 Å². The van der Waals surface area contributed by atoms with Crippen molar-refractivity contribution in [1.29, 1.82) is 0 Å². The van der Waals surface area contributed by atoms with E-state index in [-0.39, 0.29) is 11.4 Å². The zero-order valence-electron chi connectivity index (χ0n) is 12.5. The van der Waals surface area contributed by atoms with Gasteiger partial charge in [0.25, 0.3) is 5.69 Å². The molecule has 0 heterocycles. The molecule has 0 aromatic heterocycles. The molecule has 0 atom stereocenters. The maximum absolute atomic E-state index is 11.0. The molecule has 0 radical (unpaired) electrons. The van der Waals surface area contributed by atoms with Crippen molar-refractivity contribution < 1.29 is 9.85 Å². The summed E-state index contributed by atoms with van der Waals surface area (Å²) in [6.07, 6.45) is 1.54. The van der Waals surface area contributed by atoms with E-state index in [9.17, 15) is 20.2 Å². The zero-order valence-corrected chi connectivity index (χ0v) is 12.5. The molecule has 0 saturated heterocycles. The van der Waals surface area contributed by atoms with E-state index in [1.54, 1.807) is 6.21 Å². The molecule has 0 amide bonds. The first-order chi connectivity index (χ1) is 10.9. The van der Waals surface area contributed by atoms with E-state index in [1.165, 1.54) is 12.1 Å². The van der Waals surface area contributed by atoms with E-state index in [2.05, 4.69) is 10.5 Å². The molecule has 0 fully saturated rings. The summed E-state index contributed by atoms with van der Waals surface area (Å²) in [7, 11) is 0. The minimum absolute atomic E-state index is 0.0848. The van der Waals surface area contributed by atoms with Crippen molar-refractivity contribution in [1.82, 2.24) is 0 Å². The Labute approximate surface area is 131 Å². The number of anilines is 1. The van der Waals surface area contributed by atoms with Crippen LogP contribution in [0.2, 0.25) is 0 Å². The number of nitro groups is 2. The fourth-order valence-electron chi connectivity index (χ4n) is 2.02. The lowest BCUT2D eigenvalue weighted by atomic mass is 10.1. The van der Waals surface area contributed by atoms with E-state index in [4.69, 9.17) is 0 Å². The summed E-state index contributed by atoms with van der Waals surface area (Å²) >= 11 is 0. The molecule has 0 aliphatic carbocycles. The van der Waals surface area contributed by atoms with Gasteiger partial charge < -0.3 is 0 Å². The molecule has 1 N–H and O–H groups in total. The van der Waals surface area contributed by atoms with Gasteiger partial charge in [-0.25, -0.2) is 0 Å². The molecule has 23 heavy (non-hydrogen) atoms. The summed E-state index contributed by atoms with van der Waals surface area (Å²) in [5.74, 6) is 0. The first-order valence-corrected chi connectivity index (χ1v) is 6.67. The van der Waals surface area contributed by atoms with Crippen LogP contribution in [0.25, 0.3) is 0 Å². The Kier molecular flexibility index (Phi) is 4.65. The number of hydrogen-bond acceptors (Lipinski definition) is 6. The Bertz CT molecular complexity index is 802. The van der Waals surface area contributed by atoms with Crippen LogP contribution in [-0.2, 0) is 0 Å². The number of hydrazone groups is 1. The van der Waals surface area contributed by atoms with E-state index in [0.29, 0.717) is 0 Å². The van der Waals surface area contributed by atoms with Gasteiger partial charge in [-0.05, 0) is 31.0 Å². The minimum Gasteiger partial charge on any atom is -0.272 e. The normalized spacial score (nSPS) is 10.7. The smallest absolute Gasteiger partial charge is 0.272 e. The number of rotatable bonds is 5. The SMILES string of the molecule is Cc1ccc(/C=N/Nc2ccc([N+](=O)[O-])cc2[N+](=O)[O-])c(C)c1. The molecule has 8 heteroatoms. The van der Waals surface area contributed by atoms with Crippen molar-refractivity contribution in [2.75, 3.05) is 5.43 Å². The highest BCUT2D eigenvalue weighted by atomic mass is 16.6. The Morgan fingerprint density at radius 2 is 1.78 bits per heavy atom. The van der Waals surface area contributed by atoms with Crippen LogP contribution in [0.4, 0.5) is 17.1 Å². The number of nitro benzene ring substituents is 2. The van der Waals surface area contributed by atoms with Crippen LogP contribution in [-0.4, -0.2) is 16.1 Å². The molecule has 0 saturated carbocycles. The first-order valence-electron chi connectivity index (χ1n) is 6.67. The van der Waals surface area contributed by atoms with Gasteiger partial charge in [-0.15, -0.1) is 0 Å². The third-order valence-electron chi connectivity index (χ3n) is 3.20. The number of non-ortho nitro benzene ring substituents is 1. The van der Waals surface area contributed by atoms with Gasteiger partial charge in [0, 0.05) is 6.07 Å². The summed E-state index contributed by atoms with van der Waals surface area (Å²) in [6, 6.07) is 9.16. The van der Waals surface area contributed by atoms with E-state index in [1.807, 2.05) is 32.0 Å². The maximum Gasteiger partial charge on any atom is 0.301 e. The number of aryl methyl sites for hydroxylation is 2. The quantitative estimate of drug-likeness (QED) is 0.515. The van der Waals surface area contributed by atoms with Crippen molar-refractivity contribution in [2.24, 2.45) is 5.10 Å². The Morgan fingerprint density at radius 3 is 2.39 bits per heavy atom. The van der Waals surface area contributed by atoms with Crippen molar-refractivity contribution >= 4 is 23.3 Å². The van der Waals surface area contributed by atoms with Crippen molar-refractivity contribution in [3.8, 4) is 0 Å². The second-order valence-corrected chi connectivity index (χ2v) is 4.95. The highest BCUT2D eigenvalue weighted by Crippen LogP contribution is 2.28. The summed E-state index contributed by atoms with van der Waals surface area (Å²) in [5, 5.41) is 25.7. The van der Waals surface area contributed by atoms with Crippen LogP contribution in [0.5, 0.6) is 0 Å². The van der Waals surface area contributed by atoms with Crippen LogP contribution < -0.4 is 5.43 Å². The van der Waals surface area contributed by atoms with Crippen LogP contribution >= 0.6 is 0 Å². The average Bonchev–Trinajstić information content (AvgIpc) is 2.49. The molecule has 0 aliphatic rings. The Balaban J connectivity index is 2.24. The van der Waals surface area contributed by atoms with Gasteiger partial charge in [0.05, 0.1) is 22.1 Å². The molecular weight excluding hydrogens is 300 g/mol. The van der Waals surface area contributed by atoms with E-state index >= 15 is 0 Å². The van der Waals surface area contributed by atoms with Gasteiger partial charge in [-0.3, -0.25) is 25.7 Å². The third-order valence-corrected chi connectivity index (χ3v) is 3.20. The number of benzene rings is 2. The Morgan fingerprint density at radius 1 is 1.04 bits per heavy atom.